The zero-order chi connectivity index (χ0) is 22.5. The van der Waals surface area contributed by atoms with Crippen molar-refractivity contribution in [1.82, 2.24) is 9.88 Å². The Morgan fingerprint density at radius 1 is 1.12 bits per heavy atom. The number of aromatic amines is 1. The zero-order valence-corrected chi connectivity index (χ0v) is 18.6. The van der Waals surface area contributed by atoms with Crippen molar-refractivity contribution in [2.75, 3.05) is 0 Å². The van der Waals surface area contributed by atoms with Gasteiger partial charge in [0.25, 0.3) is 0 Å². The van der Waals surface area contributed by atoms with Crippen molar-refractivity contribution >= 4 is 40.9 Å². The van der Waals surface area contributed by atoms with Crippen LogP contribution < -0.4 is 4.87 Å². The predicted molar refractivity (Wildman–Crippen MR) is 116 cm³/mol. The highest BCUT2D eigenvalue weighted by Crippen LogP contribution is 2.68. The number of phenolic OH excluding ortho intramolecular Hbond substituents is 1. The first-order valence-corrected chi connectivity index (χ1v) is 12.3. The highest BCUT2D eigenvalue weighted by molar-refractivity contribution is 8.00. The Bertz CT molecular complexity index is 1220. The number of thiazole rings is 1. The van der Waals surface area contributed by atoms with E-state index in [9.17, 15) is 29.4 Å². The number of hydrogen-bond donors (Lipinski definition) is 3. The number of benzene rings is 1. The second-order valence-corrected chi connectivity index (χ2v) is 11.3. The molecule has 8 atom stereocenters. The smallest absolute Gasteiger partial charge is 0.326 e. The summed E-state index contributed by atoms with van der Waals surface area (Å²) < 4.78 is 0. The van der Waals surface area contributed by atoms with Gasteiger partial charge in [0.1, 0.15) is 11.8 Å². The van der Waals surface area contributed by atoms with Gasteiger partial charge >= 0.3 is 10.8 Å². The van der Waals surface area contributed by atoms with Gasteiger partial charge in [0.2, 0.25) is 11.8 Å². The molecule has 2 aliphatic heterocycles. The molecule has 32 heavy (non-hydrogen) atoms. The minimum absolute atomic E-state index is 0.0430. The Kier molecular flexibility index (Phi) is 4.20. The van der Waals surface area contributed by atoms with Gasteiger partial charge in [0, 0.05) is 16.0 Å². The lowest BCUT2D eigenvalue weighted by molar-refractivity contribution is -0.154. The lowest BCUT2D eigenvalue weighted by Crippen LogP contribution is -2.44. The molecule has 6 rings (SSSR count). The predicted octanol–water partition coefficient (Wildman–Crippen LogP) is 2.09. The molecule has 3 N–H and O–H groups in total. The quantitative estimate of drug-likeness (QED) is 0.584. The number of imide groups is 1. The summed E-state index contributed by atoms with van der Waals surface area (Å²) in [4.78, 5) is 54.9. The van der Waals surface area contributed by atoms with Gasteiger partial charge in [-0.2, -0.15) is 0 Å². The number of likely N-dealkylation sites (tertiary alicyclic amines) is 1. The third-order valence-corrected chi connectivity index (χ3v) is 10.3. The largest absolute Gasteiger partial charge is 0.508 e. The van der Waals surface area contributed by atoms with E-state index < -0.39 is 23.8 Å². The third-order valence-electron chi connectivity index (χ3n) is 7.75. The van der Waals surface area contributed by atoms with Crippen molar-refractivity contribution < 1.29 is 24.6 Å². The topological polar surface area (TPSA) is 128 Å². The number of carboxylic acid groups (broad SMARTS) is 1. The first-order valence-electron chi connectivity index (χ1n) is 10.6. The van der Waals surface area contributed by atoms with Crippen molar-refractivity contribution in [2.24, 2.45) is 29.6 Å². The highest BCUT2D eigenvalue weighted by Gasteiger charge is 2.70. The van der Waals surface area contributed by atoms with Gasteiger partial charge in [-0.15, -0.1) is 11.8 Å². The summed E-state index contributed by atoms with van der Waals surface area (Å²) in [5.41, 5.74) is 0.964. The fourth-order valence-corrected chi connectivity index (χ4v) is 9.48. The Balaban J connectivity index is 1.45. The molecule has 2 amide bonds. The number of H-pyrrole nitrogens is 1. The average molecular weight is 473 g/mol. The number of hydrogen-bond acceptors (Lipinski definition) is 7. The summed E-state index contributed by atoms with van der Waals surface area (Å²) in [5, 5.41) is 20.1. The summed E-state index contributed by atoms with van der Waals surface area (Å²) in [7, 11) is 0. The molecule has 3 fully saturated rings. The van der Waals surface area contributed by atoms with Crippen LogP contribution in [0.1, 0.15) is 29.7 Å². The van der Waals surface area contributed by atoms with Crippen LogP contribution in [0.4, 0.5) is 0 Å². The number of carbonyl (C=O) groups excluding carboxylic acids is 2. The molecule has 3 heterocycles. The number of aliphatic carboxylic acids is 1. The number of nitrogens with one attached hydrogen (secondary N) is 1. The lowest BCUT2D eigenvalue weighted by atomic mass is 9.68. The minimum atomic E-state index is -1.19. The van der Waals surface area contributed by atoms with E-state index in [1.807, 2.05) is 12.1 Å². The van der Waals surface area contributed by atoms with Crippen molar-refractivity contribution in [3.63, 3.8) is 0 Å². The molecule has 0 unspecified atom stereocenters. The van der Waals surface area contributed by atoms with E-state index in [-0.39, 0.29) is 51.4 Å². The van der Waals surface area contributed by atoms with E-state index in [2.05, 4.69) is 4.98 Å². The number of carboxylic acids is 1. The molecule has 10 heteroatoms. The summed E-state index contributed by atoms with van der Waals surface area (Å²) in [6.45, 7) is 1.38. The Morgan fingerprint density at radius 2 is 1.78 bits per heavy atom. The highest BCUT2D eigenvalue weighted by atomic mass is 32.2. The summed E-state index contributed by atoms with van der Waals surface area (Å²) in [6.07, 6.45) is 0.748. The van der Waals surface area contributed by atoms with E-state index in [0.717, 1.165) is 26.8 Å². The molecule has 1 aromatic carbocycles. The van der Waals surface area contributed by atoms with E-state index in [0.29, 0.717) is 0 Å². The summed E-state index contributed by atoms with van der Waals surface area (Å²) in [5.74, 6) is -2.95. The van der Waals surface area contributed by atoms with Crippen molar-refractivity contribution in [1.29, 1.82) is 0 Å². The monoisotopic (exact) mass is 472 g/mol. The van der Waals surface area contributed by atoms with Gasteiger partial charge < -0.3 is 15.2 Å². The van der Waals surface area contributed by atoms with Gasteiger partial charge in [-0.05, 0) is 48.8 Å². The molecular formula is C22H20N2O6S2. The molecule has 1 aromatic heterocycles. The summed E-state index contributed by atoms with van der Waals surface area (Å²) >= 11 is 2.76. The standard InChI is InChI=1S/C22H20N2O6S2/c1-7(21(28)29)24-19(26)14-10-6-11(15(14)20(24)27)16-13(10)12(8-2-4-9(25)5-3-8)17-18(31-16)23-22(30)32-17/h2-5,7,10-16,25H,6H2,1H3,(H,23,30)(H,28,29)/t7-,10+,11-,12+,13-,14-,15-,16+/m0/s1. The third kappa shape index (κ3) is 2.50. The summed E-state index contributed by atoms with van der Waals surface area (Å²) in [6, 6.07) is 5.77. The Morgan fingerprint density at radius 3 is 2.44 bits per heavy atom. The minimum Gasteiger partial charge on any atom is -0.508 e. The zero-order valence-electron chi connectivity index (χ0n) is 16.9. The van der Waals surface area contributed by atoms with Crippen LogP contribution in [-0.2, 0) is 14.4 Å². The molecule has 2 aromatic rings. The fourth-order valence-electron chi connectivity index (χ4n) is 6.59. The van der Waals surface area contributed by atoms with Crippen LogP contribution in [0.5, 0.6) is 5.75 Å². The number of thioether (sulfide) groups is 1. The second kappa shape index (κ2) is 6.71. The van der Waals surface area contributed by atoms with Crippen LogP contribution in [0.2, 0.25) is 0 Å². The number of amides is 2. The van der Waals surface area contributed by atoms with Gasteiger partial charge in [-0.1, -0.05) is 23.5 Å². The second-order valence-electron chi connectivity index (χ2n) is 9.11. The van der Waals surface area contributed by atoms with Gasteiger partial charge in [0.05, 0.1) is 16.9 Å². The number of fused-ring (bicyclic) bond motifs is 9. The number of rotatable bonds is 3. The van der Waals surface area contributed by atoms with E-state index in [1.165, 1.54) is 18.3 Å². The van der Waals surface area contributed by atoms with E-state index in [1.54, 1.807) is 23.9 Å². The first-order chi connectivity index (χ1) is 15.3. The molecule has 2 bridgehead atoms. The molecule has 1 saturated heterocycles. The molecule has 2 aliphatic carbocycles. The number of nitrogens with zero attached hydrogens (tertiary/aromatic N) is 1. The fraction of sp³-hybridized carbons (Fsp3) is 0.455. The first kappa shape index (κ1) is 20.0. The molecule has 4 aliphatic rings. The molecule has 8 nitrogen and oxygen atoms in total. The van der Waals surface area contributed by atoms with Crippen molar-refractivity contribution in [3.05, 3.63) is 44.4 Å². The lowest BCUT2D eigenvalue weighted by Gasteiger charge is -2.43. The maximum Gasteiger partial charge on any atom is 0.326 e. The Labute approximate surface area is 190 Å². The van der Waals surface area contributed by atoms with E-state index >= 15 is 0 Å². The van der Waals surface area contributed by atoms with Gasteiger partial charge in [0.15, 0.2) is 0 Å². The normalized spacial score (nSPS) is 35.5. The average Bonchev–Trinajstić information content (AvgIpc) is 3.47. The van der Waals surface area contributed by atoms with Crippen LogP contribution in [0, 0.1) is 29.6 Å². The van der Waals surface area contributed by atoms with Crippen LogP contribution in [-0.4, -0.2) is 49.2 Å². The van der Waals surface area contributed by atoms with Crippen LogP contribution in [0.25, 0.3) is 0 Å². The van der Waals surface area contributed by atoms with Gasteiger partial charge in [-0.25, -0.2) is 4.79 Å². The van der Waals surface area contributed by atoms with Crippen LogP contribution >= 0.6 is 23.1 Å². The van der Waals surface area contributed by atoms with Crippen LogP contribution in [0.15, 0.2) is 34.1 Å². The number of phenols is 1. The number of carbonyl (C=O) groups is 3. The number of aromatic nitrogens is 1. The SMILES string of the molecule is C[C@@H](C(=O)O)N1C(=O)[C@H]2[C@@H]3C[C@@H]([C@@H]2C1=O)[C@H]1[C@@H](c2ccc(O)cc2)c2sc(=O)[nH]c2S[C@H]31. The number of aromatic hydroxyl groups is 1. The molecule has 0 spiro atoms. The maximum absolute atomic E-state index is 13.3. The Hall–Kier alpha value is -2.59. The van der Waals surface area contributed by atoms with Crippen molar-refractivity contribution in [2.45, 2.75) is 35.6 Å². The maximum atomic E-state index is 13.3. The van der Waals surface area contributed by atoms with Crippen molar-refractivity contribution in [3.8, 4) is 5.75 Å². The molecule has 166 valence electrons. The van der Waals surface area contributed by atoms with Gasteiger partial charge in [-0.3, -0.25) is 19.3 Å². The molecular weight excluding hydrogens is 452 g/mol. The van der Waals surface area contributed by atoms with E-state index in [4.69, 9.17) is 0 Å². The molecule has 2 saturated carbocycles. The molecule has 0 radical (unpaired) electrons. The van der Waals surface area contributed by atoms with Crippen LogP contribution in [0.3, 0.4) is 0 Å².